The van der Waals surface area contributed by atoms with Gasteiger partial charge in [-0.15, -0.1) is 0 Å². The highest BCUT2D eigenvalue weighted by Gasteiger charge is 2.14. The summed E-state index contributed by atoms with van der Waals surface area (Å²) in [6, 6.07) is 14.7. The zero-order valence-corrected chi connectivity index (χ0v) is 13.6. The van der Waals surface area contributed by atoms with Crippen LogP contribution in [0.1, 0.15) is 24.0 Å². The molecule has 2 nitrogen and oxygen atoms in total. The van der Waals surface area contributed by atoms with Crippen LogP contribution in [0.4, 0.5) is 0 Å². The minimum absolute atomic E-state index is 0.739. The Labute approximate surface area is 136 Å². The number of aryl methyl sites for hydroxylation is 2. The van der Waals surface area contributed by atoms with Gasteiger partial charge in [0.05, 0.1) is 10.5 Å². The van der Waals surface area contributed by atoms with Crippen LogP contribution in [0.5, 0.6) is 0 Å². The average Bonchev–Trinajstić information content (AvgIpc) is 2.89. The summed E-state index contributed by atoms with van der Waals surface area (Å²) in [5, 5.41) is 2.00. The van der Waals surface area contributed by atoms with Gasteiger partial charge in [-0.1, -0.05) is 53.6 Å². The number of hydrogen-bond acceptors (Lipinski definition) is 1. The first-order chi connectivity index (χ1) is 10.7. The van der Waals surface area contributed by atoms with E-state index in [9.17, 15) is 0 Å². The number of nitrogens with one attached hydrogen (secondary N) is 1. The monoisotopic (exact) mass is 312 g/mol. The summed E-state index contributed by atoms with van der Waals surface area (Å²) in [5.74, 6) is 0. The van der Waals surface area contributed by atoms with Gasteiger partial charge in [-0.2, -0.15) is 0 Å². The number of unbranched alkanes of at least 4 members (excludes halogenated alkanes) is 1. The highest BCUT2D eigenvalue weighted by molar-refractivity contribution is 6.35. The van der Waals surface area contributed by atoms with Gasteiger partial charge in [-0.05, 0) is 49.9 Å². The third kappa shape index (κ3) is 2.90. The highest BCUT2D eigenvalue weighted by Crippen LogP contribution is 2.34. The molecule has 0 atom stereocenters. The molecule has 0 saturated heterocycles. The van der Waals surface area contributed by atoms with Crippen LogP contribution in [0.15, 0.2) is 42.5 Å². The Morgan fingerprint density at radius 2 is 1.82 bits per heavy atom. The number of aromatic nitrogens is 1. The van der Waals surface area contributed by atoms with E-state index in [1.165, 1.54) is 27.8 Å². The maximum atomic E-state index is 6.37. The molecule has 0 aliphatic rings. The number of fused-ring (bicyclic) bond motifs is 1. The van der Waals surface area contributed by atoms with Crippen LogP contribution in [-0.2, 0) is 6.42 Å². The summed E-state index contributed by atoms with van der Waals surface area (Å²) in [5.41, 5.74) is 11.7. The fraction of sp³-hybridized carbons (Fsp3) is 0.263. The minimum atomic E-state index is 0.739. The zero-order valence-electron chi connectivity index (χ0n) is 12.8. The van der Waals surface area contributed by atoms with Crippen LogP contribution in [-0.4, -0.2) is 11.5 Å². The molecule has 0 aliphatic carbocycles. The second-order valence-corrected chi connectivity index (χ2v) is 6.16. The number of benzene rings is 2. The van der Waals surface area contributed by atoms with Crippen molar-refractivity contribution in [3.63, 3.8) is 0 Å². The minimum Gasteiger partial charge on any atom is -0.353 e. The molecule has 114 valence electrons. The summed E-state index contributed by atoms with van der Waals surface area (Å²) in [6.45, 7) is 2.84. The molecule has 0 unspecified atom stereocenters. The summed E-state index contributed by atoms with van der Waals surface area (Å²) in [4.78, 5) is 3.53. The second-order valence-electron chi connectivity index (χ2n) is 5.75. The Kier molecular flexibility index (Phi) is 4.51. The standard InChI is InChI=1S/C19H21ClN2/c1-13-8-10-14(11-9-13)18-15(5-2-3-12-21)16-6-4-7-17(20)19(16)22-18/h4,6-11,22H,2-3,5,12,21H2,1H3. The third-order valence-electron chi connectivity index (χ3n) is 4.11. The molecule has 22 heavy (non-hydrogen) atoms. The molecule has 0 amide bonds. The van der Waals surface area contributed by atoms with Crippen molar-refractivity contribution < 1.29 is 0 Å². The molecule has 0 fully saturated rings. The van der Waals surface area contributed by atoms with E-state index in [1.54, 1.807) is 0 Å². The molecule has 0 aliphatic heterocycles. The van der Waals surface area contributed by atoms with E-state index in [0.29, 0.717) is 0 Å². The van der Waals surface area contributed by atoms with Crippen molar-refractivity contribution in [3.05, 3.63) is 58.6 Å². The van der Waals surface area contributed by atoms with E-state index >= 15 is 0 Å². The number of aromatic amines is 1. The van der Waals surface area contributed by atoms with Crippen LogP contribution in [0.3, 0.4) is 0 Å². The summed E-state index contributed by atoms with van der Waals surface area (Å²) in [6.07, 6.45) is 3.15. The van der Waals surface area contributed by atoms with E-state index in [-0.39, 0.29) is 0 Å². The molecule has 3 aromatic rings. The van der Waals surface area contributed by atoms with Gasteiger partial charge < -0.3 is 10.7 Å². The highest BCUT2D eigenvalue weighted by atomic mass is 35.5. The van der Waals surface area contributed by atoms with E-state index in [2.05, 4.69) is 42.2 Å². The predicted octanol–water partition coefficient (Wildman–Crippen LogP) is 5.08. The van der Waals surface area contributed by atoms with Crippen LogP contribution in [0.2, 0.25) is 5.02 Å². The molecular formula is C19H21ClN2. The predicted molar refractivity (Wildman–Crippen MR) is 95.5 cm³/mol. The van der Waals surface area contributed by atoms with Crippen LogP contribution >= 0.6 is 11.6 Å². The number of halogens is 1. The third-order valence-corrected chi connectivity index (χ3v) is 4.43. The van der Waals surface area contributed by atoms with Crippen molar-refractivity contribution in [3.8, 4) is 11.3 Å². The fourth-order valence-electron chi connectivity index (χ4n) is 2.91. The van der Waals surface area contributed by atoms with E-state index in [0.717, 1.165) is 36.3 Å². The first kappa shape index (κ1) is 15.1. The van der Waals surface area contributed by atoms with Gasteiger partial charge >= 0.3 is 0 Å². The SMILES string of the molecule is Cc1ccc(-c2[nH]c3c(Cl)cccc3c2CCCCN)cc1. The maximum Gasteiger partial charge on any atom is 0.0651 e. The Balaban J connectivity index is 2.12. The maximum absolute atomic E-state index is 6.37. The molecule has 0 saturated carbocycles. The van der Waals surface area contributed by atoms with E-state index in [4.69, 9.17) is 17.3 Å². The van der Waals surface area contributed by atoms with Crippen molar-refractivity contribution in [1.82, 2.24) is 4.98 Å². The molecular weight excluding hydrogens is 292 g/mol. The molecule has 0 spiro atoms. The van der Waals surface area contributed by atoms with Gasteiger partial charge in [-0.25, -0.2) is 0 Å². The van der Waals surface area contributed by atoms with Crippen molar-refractivity contribution in [2.75, 3.05) is 6.54 Å². The van der Waals surface area contributed by atoms with Crippen LogP contribution in [0, 0.1) is 6.92 Å². The summed E-state index contributed by atoms with van der Waals surface area (Å²) in [7, 11) is 0. The van der Waals surface area contributed by atoms with Crippen LogP contribution in [0.25, 0.3) is 22.2 Å². The lowest BCUT2D eigenvalue weighted by Gasteiger charge is -2.05. The Hall–Kier alpha value is -1.77. The van der Waals surface area contributed by atoms with Gasteiger partial charge in [-0.3, -0.25) is 0 Å². The first-order valence-electron chi connectivity index (χ1n) is 7.77. The lowest BCUT2D eigenvalue weighted by molar-refractivity contribution is 0.748. The van der Waals surface area contributed by atoms with Gasteiger partial charge in [0.2, 0.25) is 0 Å². The largest absolute Gasteiger partial charge is 0.353 e. The average molecular weight is 313 g/mol. The number of H-pyrrole nitrogens is 1. The van der Waals surface area contributed by atoms with Crippen molar-refractivity contribution >= 4 is 22.5 Å². The smallest absolute Gasteiger partial charge is 0.0651 e. The van der Waals surface area contributed by atoms with Gasteiger partial charge in [0, 0.05) is 11.1 Å². The Morgan fingerprint density at radius 1 is 1.05 bits per heavy atom. The van der Waals surface area contributed by atoms with E-state index < -0.39 is 0 Å². The first-order valence-corrected chi connectivity index (χ1v) is 8.14. The number of para-hydroxylation sites is 1. The number of nitrogens with two attached hydrogens (primary N) is 1. The Morgan fingerprint density at radius 3 is 2.55 bits per heavy atom. The van der Waals surface area contributed by atoms with Gasteiger partial charge in [0.15, 0.2) is 0 Å². The molecule has 1 heterocycles. The molecule has 1 aromatic heterocycles. The van der Waals surface area contributed by atoms with Crippen LogP contribution < -0.4 is 5.73 Å². The fourth-order valence-corrected chi connectivity index (χ4v) is 3.13. The number of hydrogen-bond donors (Lipinski definition) is 2. The normalized spacial score (nSPS) is 11.2. The summed E-state index contributed by atoms with van der Waals surface area (Å²) < 4.78 is 0. The molecule has 0 bridgehead atoms. The van der Waals surface area contributed by atoms with Crippen molar-refractivity contribution in [1.29, 1.82) is 0 Å². The second kappa shape index (κ2) is 6.55. The van der Waals surface area contributed by atoms with Crippen molar-refractivity contribution in [2.45, 2.75) is 26.2 Å². The van der Waals surface area contributed by atoms with Gasteiger partial charge in [0.1, 0.15) is 0 Å². The Bertz CT molecular complexity index is 772. The lowest BCUT2D eigenvalue weighted by atomic mass is 10.00. The summed E-state index contributed by atoms with van der Waals surface area (Å²) >= 11 is 6.37. The molecule has 3 N–H and O–H groups in total. The zero-order chi connectivity index (χ0) is 15.5. The number of rotatable bonds is 5. The lowest BCUT2D eigenvalue weighted by Crippen LogP contribution is -1.99. The topological polar surface area (TPSA) is 41.8 Å². The van der Waals surface area contributed by atoms with E-state index in [1.807, 2.05) is 12.1 Å². The van der Waals surface area contributed by atoms with Crippen molar-refractivity contribution in [2.24, 2.45) is 5.73 Å². The quantitative estimate of drug-likeness (QED) is 0.634. The van der Waals surface area contributed by atoms with Gasteiger partial charge in [0.25, 0.3) is 0 Å². The molecule has 2 aromatic carbocycles. The molecule has 3 rings (SSSR count). The molecule has 0 radical (unpaired) electrons. The molecule has 3 heteroatoms.